The summed E-state index contributed by atoms with van der Waals surface area (Å²) in [7, 11) is 1.91. The van der Waals surface area contributed by atoms with Crippen molar-refractivity contribution in [3.8, 4) is 0 Å². The van der Waals surface area contributed by atoms with Crippen molar-refractivity contribution in [2.24, 2.45) is 7.05 Å². The number of morpholine rings is 1. The maximum absolute atomic E-state index is 12.7. The molecule has 0 saturated carbocycles. The summed E-state index contributed by atoms with van der Waals surface area (Å²) in [6, 6.07) is 5.50. The molecule has 1 N–H and O–H groups in total. The van der Waals surface area contributed by atoms with E-state index in [4.69, 9.17) is 4.74 Å². The highest BCUT2D eigenvalue weighted by Gasteiger charge is 2.36. The number of fused-ring (bicyclic) bond motifs is 2. The number of aryl methyl sites for hydroxylation is 1. The van der Waals surface area contributed by atoms with Crippen LogP contribution in [0, 0.1) is 0 Å². The molecule has 2 aliphatic heterocycles. The number of nitrogens with zero attached hydrogens (tertiary/aromatic N) is 3. The molecular formula is C16H18N4O3. The van der Waals surface area contributed by atoms with Gasteiger partial charge in [0.05, 0.1) is 12.1 Å². The molecule has 2 aromatic heterocycles. The average molecular weight is 314 g/mol. The first-order valence-corrected chi connectivity index (χ1v) is 7.74. The standard InChI is InChI=1S/C16H18N4O3/c1-19-6-4-10-2-3-11(18-15(10)19)16(22)20-7-5-13-12(8-20)17-14(21)9-23-13/h2-4,6,12-13H,5,7-9H2,1H3,(H,17,21)/t12-,13+/m0/s1. The van der Waals surface area contributed by atoms with Crippen molar-refractivity contribution < 1.29 is 14.3 Å². The third kappa shape index (κ3) is 2.46. The van der Waals surface area contributed by atoms with Crippen LogP contribution in [-0.2, 0) is 16.6 Å². The van der Waals surface area contributed by atoms with E-state index in [0.29, 0.717) is 18.8 Å². The predicted octanol–water partition coefficient (Wildman–Crippen LogP) is 0.303. The van der Waals surface area contributed by atoms with Crippen molar-refractivity contribution in [2.45, 2.75) is 18.6 Å². The Labute approximate surface area is 133 Å². The molecule has 2 amide bonds. The highest BCUT2D eigenvalue weighted by Crippen LogP contribution is 2.20. The van der Waals surface area contributed by atoms with Crippen LogP contribution in [0.5, 0.6) is 0 Å². The Balaban J connectivity index is 1.55. The normalized spacial score (nSPS) is 24.4. The smallest absolute Gasteiger partial charge is 0.272 e. The third-order valence-corrected chi connectivity index (χ3v) is 4.55. The molecule has 2 saturated heterocycles. The van der Waals surface area contributed by atoms with Gasteiger partial charge in [-0.2, -0.15) is 0 Å². The molecule has 0 bridgehead atoms. The van der Waals surface area contributed by atoms with Crippen LogP contribution < -0.4 is 5.32 Å². The van der Waals surface area contributed by atoms with E-state index in [0.717, 1.165) is 17.5 Å². The molecule has 2 aromatic rings. The van der Waals surface area contributed by atoms with Crippen molar-refractivity contribution in [2.75, 3.05) is 19.7 Å². The highest BCUT2D eigenvalue weighted by atomic mass is 16.5. The summed E-state index contributed by atoms with van der Waals surface area (Å²) in [5.41, 5.74) is 1.22. The van der Waals surface area contributed by atoms with Gasteiger partial charge in [0.15, 0.2) is 0 Å². The summed E-state index contributed by atoms with van der Waals surface area (Å²) >= 11 is 0. The molecule has 0 spiro atoms. The van der Waals surface area contributed by atoms with Crippen molar-refractivity contribution in [3.05, 3.63) is 30.1 Å². The second kappa shape index (κ2) is 5.34. The molecule has 120 valence electrons. The predicted molar refractivity (Wildman–Crippen MR) is 82.9 cm³/mol. The van der Waals surface area contributed by atoms with E-state index < -0.39 is 0 Å². The lowest BCUT2D eigenvalue weighted by molar-refractivity contribution is -0.139. The molecule has 2 fully saturated rings. The first-order chi connectivity index (χ1) is 11.1. The van der Waals surface area contributed by atoms with E-state index in [2.05, 4.69) is 10.3 Å². The first-order valence-electron chi connectivity index (χ1n) is 7.74. The zero-order chi connectivity index (χ0) is 16.0. The number of rotatable bonds is 1. The molecular weight excluding hydrogens is 296 g/mol. The van der Waals surface area contributed by atoms with Gasteiger partial charge in [0.2, 0.25) is 5.91 Å². The molecule has 7 nitrogen and oxygen atoms in total. The first kappa shape index (κ1) is 14.2. The van der Waals surface area contributed by atoms with E-state index in [1.165, 1.54) is 0 Å². The third-order valence-electron chi connectivity index (χ3n) is 4.55. The molecule has 0 unspecified atom stereocenters. The number of likely N-dealkylation sites (tertiary alicyclic amines) is 1. The van der Waals surface area contributed by atoms with Crippen LogP contribution in [0.25, 0.3) is 11.0 Å². The van der Waals surface area contributed by atoms with Gasteiger partial charge in [-0.3, -0.25) is 9.59 Å². The summed E-state index contributed by atoms with van der Waals surface area (Å²) in [6.07, 6.45) is 2.65. The number of nitrogens with one attached hydrogen (secondary N) is 1. The Kier molecular flexibility index (Phi) is 3.30. The summed E-state index contributed by atoms with van der Waals surface area (Å²) < 4.78 is 7.42. The molecule has 4 heterocycles. The molecule has 4 rings (SSSR count). The number of hydrogen-bond acceptors (Lipinski definition) is 4. The topological polar surface area (TPSA) is 76.5 Å². The minimum Gasteiger partial charge on any atom is -0.366 e. The van der Waals surface area contributed by atoms with Crippen LogP contribution in [0.2, 0.25) is 0 Å². The molecule has 2 atom stereocenters. The van der Waals surface area contributed by atoms with Gasteiger partial charge < -0.3 is 19.5 Å². The largest absolute Gasteiger partial charge is 0.366 e. The molecule has 23 heavy (non-hydrogen) atoms. The fraction of sp³-hybridized carbons (Fsp3) is 0.438. The van der Waals surface area contributed by atoms with Gasteiger partial charge in [-0.25, -0.2) is 4.98 Å². The number of piperidine rings is 1. The minimum atomic E-state index is -0.132. The second-order valence-corrected chi connectivity index (χ2v) is 6.10. The van der Waals surface area contributed by atoms with Crippen LogP contribution in [0.4, 0.5) is 0 Å². The highest BCUT2D eigenvalue weighted by molar-refractivity contribution is 5.94. The number of carbonyl (C=O) groups excluding carboxylic acids is 2. The maximum Gasteiger partial charge on any atom is 0.272 e. The lowest BCUT2D eigenvalue weighted by Crippen LogP contribution is -2.61. The van der Waals surface area contributed by atoms with Gasteiger partial charge in [-0.15, -0.1) is 0 Å². The molecule has 7 heteroatoms. The van der Waals surface area contributed by atoms with E-state index >= 15 is 0 Å². The maximum atomic E-state index is 12.7. The van der Waals surface area contributed by atoms with Crippen LogP contribution in [0.1, 0.15) is 16.9 Å². The van der Waals surface area contributed by atoms with Gasteiger partial charge in [0, 0.05) is 31.7 Å². The van der Waals surface area contributed by atoms with Crippen molar-refractivity contribution in [1.82, 2.24) is 19.8 Å². The monoisotopic (exact) mass is 314 g/mol. The summed E-state index contributed by atoms with van der Waals surface area (Å²) in [4.78, 5) is 30.4. The zero-order valence-corrected chi connectivity index (χ0v) is 12.9. The van der Waals surface area contributed by atoms with Crippen molar-refractivity contribution >= 4 is 22.8 Å². The van der Waals surface area contributed by atoms with Crippen LogP contribution in [0.15, 0.2) is 24.4 Å². The van der Waals surface area contributed by atoms with Gasteiger partial charge in [0.1, 0.15) is 17.9 Å². The summed E-state index contributed by atoms with van der Waals surface area (Å²) in [5.74, 6) is -0.227. The van der Waals surface area contributed by atoms with E-state index in [1.807, 2.05) is 29.9 Å². The van der Waals surface area contributed by atoms with E-state index in [-0.39, 0.29) is 30.6 Å². The quantitative estimate of drug-likeness (QED) is 0.821. The van der Waals surface area contributed by atoms with Crippen LogP contribution in [-0.4, -0.2) is 58.1 Å². The molecule has 0 aliphatic carbocycles. The molecule has 0 aromatic carbocycles. The lowest BCUT2D eigenvalue weighted by Gasteiger charge is -2.40. The average Bonchev–Trinajstić information content (AvgIpc) is 2.94. The van der Waals surface area contributed by atoms with Crippen molar-refractivity contribution in [1.29, 1.82) is 0 Å². The number of amides is 2. The van der Waals surface area contributed by atoms with Gasteiger partial charge in [-0.1, -0.05) is 0 Å². The van der Waals surface area contributed by atoms with Crippen molar-refractivity contribution in [3.63, 3.8) is 0 Å². The molecule has 0 radical (unpaired) electrons. The Morgan fingerprint density at radius 3 is 3.13 bits per heavy atom. The van der Waals surface area contributed by atoms with Gasteiger partial charge in [0.25, 0.3) is 5.91 Å². The Bertz CT molecular complexity index is 785. The number of hydrogen-bond donors (Lipinski definition) is 1. The second-order valence-electron chi connectivity index (χ2n) is 6.10. The number of pyridine rings is 1. The SMILES string of the molecule is Cn1ccc2ccc(C(=O)N3CC[C@H]4OCC(=O)N[C@H]4C3)nc21. The molecule has 2 aliphatic rings. The Hall–Kier alpha value is -2.41. The summed E-state index contributed by atoms with van der Waals surface area (Å²) in [6.45, 7) is 1.19. The number of aromatic nitrogens is 2. The zero-order valence-electron chi connectivity index (χ0n) is 12.9. The van der Waals surface area contributed by atoms with E-state index in [1.54, 1.807) is 11.0 Å². The van der Waals surface area contributed by atoms with Crippen LogP contribution in [0.3, 0.4) is 0 Å². The van der Waals surface area contributed by atoms with E-state index in [9.17, 15) is 9.59 Å². The number of ether oxygens (including phenoxy) is 1. The van der Waals surface area contributed by atoms with Gasteiger partial charge in [-0.05, 0) is 24.6 Å². The Morgan fingerprint density at radius 2 is 2.26 bits per heavy atom. The fourth-order valence-corrected chi connectivity index (χ4v) is 3.30. The minimum absolute atomic E-state index is 0.0000584. The van der Waals surface area contributed by atoms with Gasteiger partial charge >= 0.3 is 0 Å². The Morgan fingerprint density at radius 1 is 1.39 bits per heavy atom. The lowest BCUT2D eigenvalue weighted by atomic mass is 10.00. The number of carbonyl (C=O) groups is 2. The summed E-state index contributed by atoms with van der Waals surface area (Å²) in [5, 5.41) is 3.92. The fourth-order valence-electron chi connectivity index (χ4n) is 3.30. The van der Waals surface area contributed by atoms with Crippen LogP contribution >= 0.6 is 0 Å².